The highest BCUT2D eigenvalue weighted by Crippen LogP contribution is 2.05. The summed E-state index contributed by atoms with van der Waals surface area (Å²) in [6.45, 7) is 18.4. The Morgan fingerprint density at radius 1 is 0.917 bits per heavy atom. The maximum atomic E-state index is 3.79. The molecule has 0 atom stereocenters. The predicted molar refractivity (Wildman–Crippen MR) is 59.3 cm³/mol. The second-order valence-corrected chi connectivity index (χ2v) is 2.89. The van der Waals surface area contributed by atoms with Gasteiger partial charge in [-0.1, -0.05) is 36.5 Å². The van der Waals surface area contributed by atoms with Crippen molar-refractivity contribution in [3.8, 4) is 0 Å². The van der Waals surface area contributed by atoms with E-state index < -0.39 is 0 Å². The molecule has 0 N–H and O–H groups in total. The molecular weight excluding hydrogens is 144 g/mol. The molecule has 0 saturated carbocycles. The van der Waals surface area contributed by atoms with Gasteiger partial charge in [-0.25, -0.2) is 0 Å². The largest absolute Gasteiger partial charge is 0.100 e. The highest BCUT2D eigenvalue weighted by atomic mass is 13.9. The fourth-order valence-corrected chi connectivity index (χ4v) is 0.427. The number of rotatable bonds is 4. The summed E-state index contributed by atoms with van der Waals surface area (Å²) in [4.78, 5) is 0. The van der Waals surface area contributed by atoms with Crippen LogP contribution >= 0.6 is 0 Å². The summed E-state index contributed by atoms with van der Waals surface area (Å²) < 4.78 is 0. The highest BCUT2D eigenvalue weighted by Gasteiger charge is 1.85. The minimum atomic E-state index is 1.09. The van der Waals surface area contributed by atoms with Gasteiger partial charge in [0.1, 0.15) is 0 Å². The monoisotopic (exact) mass is 164 g/mol. The zero-order valence-corrected chi connectivity index (χ0v) is 8.40. The molecule has 0 aliphatic rings. The Hall–Kier alpha value is -1.04. The van der Waals surface area contributed by atoms with Crippen LogP contribution in [0.1, 0.15) is 26.7 Å². The average Bonchev–Trinajstić information content (AvgIpc) is 2.01. The van der Waals surface area contributed by atoms with Crippen LogP contribution in [0, 0.1) is 0 Å². The number of hydrogen-bond donors (Lipinski definition) is 0. The Bertz CT molecular complexity index is 141. The first-order valence-electron chi connectivity index (χ1n) is 4.06. The van der Waals surface area contributed by atoms with Crippen LogP contribution in [0.5, 0.6) is 0 Å². The van der Waals surface area contributed by atoms with Crippen LogP contribution in [0.15, 0.2) is 49.6 Å². The Balaban J connectivity index is 0. The van der Waals surface area contributed by atoms with Gasteiger partial charge in [0.25, 0.3) is 0 Å². The normalized spacial score (nSPS) is 7.50. The van der Waals surface area contributed by atoms with Crippen LogP contribution in [0.4, 0.5) is 0 Å². The molecule has 0 aliphatic heterocycles. The first-order valence-corrected chi connectivity index (χ1v) is 4.06. The molecule has 0 fully saturated rings. The molecule has 68 valence electrons. The molecule has 0 saturated heterocycles. The summed E-state index contributed by atoms with van der Waals surface area (Å²) in [5.74, 6) is 0. The van der Waals surface area contributed by atoms with Gasteiger partial charge in [0, 0.05) is 0 Å². The molecule has 0 heterocycles. The second kappa shape index (κ2) is 9.96. The van der Waals surface area contributed by atoms with E-state index in [4.69, 9.17) is 0 Å². The van der Waals surface area contributed by atoms with Gasteiger partial charge in [0.15, 0.2) is 0 Å². The van der Waals surface area contributed by atoms with Crippen molar-refractivity contribution in [3.63, 3.8) is 0 Å². The average molecular weight is 164 g/mol. The molecule has 0 spiro atoms. The lowest BCUT2D eigenvalue weighted by atomic mass is 10.1. The molecule has 0 nitrogen and oxygen atoms in total. The Morgan fingerprint density at radius 3 is 1.25 bits per heavy atom. The summed E-state index contributed by atoms with van der Waals surface area (Å²) in [5.41, 5.74) is 2.49. The first kappa shape index (κ1) is 13.5. The Kier molecular flexibility index (Phi) is 11.2. The van der Waals surface area contributed by atoms with Gasteiger partial charge < -0.3 is 0 Å². The van der Waals surface area contributed by atoms with E-state index in [1.165, 1.54) is 11.1 Å². The van der Waals surface area contributed by atoms with Crippen molar-refractivity contribution in [2.24, 2.45) is 0 Å². The van der Waals surface area contributed by atoms with E-state index in [0.29, 0.717) is 0 Å². The SMILES string of the molecule is C=C(C)CCC(=C)C.C=CC=C. The minimum absolute atomic E-state index is 1.09. The summed E-state index contributed by atoms with van der Waals surface area (Å²) in [7, 11) is 0. The summed E-state index contributed by atoms with van der Waals surface area (Å²) in [6.07, 6.45) is 5.46. The van der Waals surface area contributed by atoms with Gasteiger partial charge in [-0.05, 0) is 26.7 Å². The third kappa shape index (κ3) is 23.1. The second-order valence-electron chi connectivity index (χ2n) is 2.89. The van der Waals surface area contributed by atoms with Crippen LogP contribution in [0.2, 0.25) is 0 Å². The van der Waals surface area contributed by atoms with Crippen LogP contribution in [0.3, 0.4) is 0 Å². The van der Waals surface area contributed by atoms with Crippen molar-refractivity contribution in [1.29, 1.82) is 0 Å². The topological polar surface area (TPSA) is 0 Å². The van der Waals surface area contributed by atoms with E-state index in [9.17, 15) is 0 Å². The van der Waals surface area contributed by atoms with Crippen molar-refractivity contribution in [1.82, 2.24) is 0 Å². The zero-order valence-electron chi connectivity index (χ0n) is 8.40. The molecule has 0 rings (SSSR count). The third-order valence-corrected chi connectivity index (χ3v) is 1.15. The van der Waals surface area contributed by atoms with Crippen molar-refractivity contribution in [3.05, 3.63) is 49.6 Å². The maximum Gasteiger partial charge on any atom is -0.0289 e. The van der Waals surface area contributed by atoms with E-state index in [-0.39, 0.29) is 0 Å². The van der Waals surface area contributed by atoms with Crippen LogP contribution in [0.25, 0.3) is 0 Å². The molecule has 0 aliphatic carbocycles. The lowest BCUT2D eigenvalue weighted by Crippen LogP contribution is -1.75. The lowest BCUT2D eigenvalue weighted by Gasteiger charge is -1.95. The van der Waals surface area contributed by atoms with E-state index >= 15 is 0 Å². The molecule has 0 radical (unpaired) electrons. The molecule has 0 heteroatoms. The molecule has 0 aromatic carbocycles. The van der Waals surface area contributed by atoms with Gasteiger partial charge >= 0.3 is 0 Å². The van der Waals surface area contributed by atoms with Crippen LogP contribution < -0.4 is 0 Å². The molecular formula is C12H20. The molecule has 12 heavy (non-hydrogen) atoms. The fourth-order valence-electron chi connectivity index (χ4n) is 0.427. The molecule has 0 unspecified atom stereocenters. The zero-order chi connectivity index (χ0) is 9.98. The molecule has 0 aromatic rings. The first-order chi connectivity index (χ1) is 5.54. The highest BCUT2D eigenvalue weighted by molar-refractivity contribution is 4.96. The van der Waals surface area contributed by atoms with Crippen LogP contribution in [-0.4, -0.2) is 0 Å². The van der Waals surface area contributed by atoms with Crippen molar-refractivity contribution >= 4 is 0 Å². The van der Waals surface area contributed by atoms with Gasteiger partial charge in [-0.15, -0.1) is 13.2 Å². The maximum absolute atomic E-state index is 3.79. The van der Waals surface area contributed by atoms with E-state index in [1.54, 1.807) is 12.2 Å². The lowest BCUT2D eigenvalue weighted by molar-refractivity contribution is 0.933. The van der Waals surface area contributed by atoms with Crippen LogP contribution in [-0.2, 0) is 0 Å². The summed E-state index contributed by atoms with van der Waals surface area (Å²) in [6, 6.07) is 0. The summed E-state index contributed by atoms with van der Waals surface area (Å²) in [5, 5.41) is 0. The van der Waals surface area contributed by atoms with Gasteiger partial charge in [0.2, 0.25) is 0 Å². The predicted octanol–water partition coefficient (Wildman–Crippen LogP) is 4.28. The van der Waals surface area contributed by atoms with Gasteiger partial charge in [-0.2, -0.15) is 0 Å². The smallest absolute Gasteiger partial charge is 0.0289 e. The van der Waals surface area contributed by atoms with Gasteiger partial charge in [-0.3, -0.25) is 0 Å². The minimum Gasteiger partial charge on any atom is -0.100 e. The van der Waals surface area contributed by atoms with Crippen molar-refractivity contribution in [2.75, 3.05) is 0 Å². The van der Waals surface area contributed by atoms with E-state index in [2.05, 4.69) is 26.3 Å². The van der Waals surface area contributed by atoms with E-state index in [0.717, 1.165) is 12.8 Å². The summed E-state index contributed by atoms with van der Waals surface area (Å²) >= 11 is 0. The standard InChI is InChI=1S/C8H14.C4H6/c1-7(2)5-6-8(3)4;1-3-4-2/h1,3,5-6H2,2,4H3;3-4H,1-2H2. The number of hydrogen-bond acceptors (Lipinski definition) is 0. The van der Waals surface area contributed by atoms with Gasteiger partial charge in [0.05, 0.1) is 0 Å². The third-order valence-electron chi connectivity index (χ3n) is 1.15. The molecule has 0 aromatic heterocycles. The quantitative estimate of drug-likeness (QED) is 0.430. The molecule has 0 amide bonds. The number of allylic oxidation sites excluding steroid dienone is 4. The van der Waals surface area contributed by atoms with E-state index in [1.807, 2.05) is 13.8 Å². The Morgan fingerprint density at radius 2 is 1.17 bits per heavy atom. The Labute approximate surface area is 77.0 Å². The molecule has 0 bridgehead atoms. The van der Waals surface area contributed by atoms with Crippen molar-refractivity contribution in [2.45, 2.75) is 26.7 Å². The van der Waals surface area contributed by atoms with Crippen molar-refractivity contribution < 1.29 is 0 Å². The fraction of sp³-hybridized carbons (Fsp3) is 0.333.